The van der Waals surface area contributed by atoms with Gasteiger partial charge in [-0.15, -0.1) is 0 Å². The molecule has 1 N–H and O–H groups in total. The number of nitriles is 1. The standard InChI is InChI=1S/C11H12N2.C7H9N3/c1-10-12-7-8-13(10)9-11-5-3-2-4-6-11;1-5(3-8)7-4-9-6(2)10-7/h2-8H,9H2,1H3;4-5H,1-2H3,(H,9,10). The third-order valence-corrected chi connectivity index (χ3v) is 3.50. The summed E-state index contributed by atoms with van der Waals surface area (Å²) in [7, 11) is 0. The first kappa shape index (κ1) is 16.5. The van der Waals surface area contributed by atoms with Crippen LogP contribution >= 0.6 is 0 Å². The van der Waals surface area contributed by atoms with Gasteiger partial charge in [0.2, 0.25) is 0 Å². The number of aryl methyl sites for hydroxylation is 2. The summed E-state index contributed by atoms with van der Waals surface area (Å²) in [6.07, 6.45) is 5.53. The number of benzene rings is 1. The lowest BCUT2D eigenvalue weighted by atomic mass is 10.1. The number of H-pyrrole nitrogens is 1. The fourth-order valence-electron chi connectivity index (χ4n) is 2.08. The van der Waals surface area contributed by atoms with Gasteiger partial charge in [-0.25, -0.2) is 9.97 Å². The Bertz CT molecular complexity index is 764. The molecule has 5 nitrogen and oxygen atoms in total. The van der Waals surface area contributed by atoms with E-state index in [-0.39, 0.29) is 5.92 Å². The molecule has 3 aromatic rings. The van der Waals surface area contributed by atoms with E-state index in [1.165, 1.54) is 5.56 Å². The summed E-state index contributed by atoms with van der Waals surface area (Å²) in [6.45, 7) is 6.64. The average molecular weight is 307 g/mol. The van der Waals surface area contributed by atoms with Crippen LogP contribution in [0.3, 0.4) is 0 Å². The SMILES string of the molecule is Cc1ncc(C(C)C#N)[nH]1.Cc1nccn1Cc1ccccc1. The van der Waals surface area contributed by atoms with Gasteiger partial charge in [0.05, 0.1) is 17.7 Å². The lowest BCUT2D eigenvalue weighted by Crippen LogP contribution is -1.99. The normalized spacial score (nSPS) is 11.2. The highest BCUT2D eigenvalue weighted by molar-refractivity contribution is 5.15. The molecule has 0 aliphatic rings. The van der Waals surface area contributed by atoms with E-state index >= 15 is 0 Å². The predicted molar refractivity (Wildman–Crippen MR) is 89.9 cm³/mol. The summed E-state index contributed by atoms with van der Waals surface area (Å²) in [5.41, 5.74) is 2.20. The number of hydrogen-bond donors (Lipinski definition) is 1. The van der Waals surface area contributed by atoms with Crippen molar-refractivity contribution in [2.45, 2.75) is 33.2 Å². The Balaban J connectivity index is 0.000000174. The van der Waals surface area contributed by atoms with Crippen LogP contribution in [-0.4, -0.2) is 19.5 Å². The first-order valence-electron chi connectivity index (χ1n) is 7.53. The van der Waals surface area contributed by atoms with Gasteiger partial charge in [0.25, 0.3) is 0 Å². The van der Waals surface area contributed by atoms with Gasteiger partial charge in [-0.2, -0.15) is 5.26 Å². The molecule has 1 atom stereocenters. The minimum absolute atomic E-state index is 0.0822. The van der Waals surface area contributed by atoms with Crippen molar-refractivity contribution < 1.29 is 0 Å². The molecular weight excluding hydrogens is 286 g/mol. The molecule has 0 aliphatic heterocycles. The summed E-state index contributed by atoms with van der Waals surface area (Å²) in [5.74, 6) is 1.84. The van der Waals surface area contributed by atoms with E-state index in [9.17, 15) is 0 Å². The van der Waals surface area contributed by atoms with Crippen LogP contribution in [0.25, 0.3) is 0 Å². The molecule has 1 aromatic carbocycles. The van der Waals surface area contributed by atoms with Crippen molar-refractivity contribution in [1.82, 2.24) is 19.5 Å². The highest BCUT2D eigenvalue weighted by Crippen LogP contribution is 2.09. The number of nitrogens with one attached hydrogen (secondary N) is 1. The summed E-state index contributed by atoms with van der Waals surface area (Å²) in [4.78, 5) is 11.1. The highest BCUT2D eigenvalue weighted by Gasteiger charge is 2.04. The average Bonchev–Trinajstić information content (AvgIpc) is 3.17. The lowest BCUT2D eigenvalue weighted by Gasteiger charge is -2.03. The maximum absolute atomic E-state index is 8.50. The molecule has 0 saturated heterocycles. The van der Waals surface area contributed by atoms with Crippen molar-refractivity contribution in [3.8, 4) is 6.07 Å². The smallest absolute Gasteiger partial charge is 0.105 e. The number of hydrogen-bond acceptors (Lipinski definition) is 3. The Hall–Kier alpha value is -2.87. The second-order valence-corrected chi connectivity index (χ2v) is 5.36. The summed E-state index contributed by atoms with van der Waals surface area (Å²) >= 11 is 0. The molecule has 0 bridgehead atoms. The maximum Gasteiger partial charge on any atom is 0.105 e. The molecule has 5 heteroatoms. The Morgan fingerprint density at radius 3 is 2.48 bits per heavy atom. The molecule has 0 saturated carbocycles. The van der Waals surface area contributed by atoms with Crippen molar-refractivity contribution in [3.05, 3.63) is 71.8 Å². The molecule has 0 amide bonds. The van der Waals surface area contributed by atoms with Crippen LogP contribution in [0.5, 0.6) is 0 Å². The number of imidazole rings is 2. The highest BCUT2D eigenvalue weighted by atomic mass is 15.0. The zero-order chi connectivity index (χ0) is 16.7. The molecule has 118 valence electrons. The molecule has 2 heterocycles. The molecule has 0 aliphatic carbocycles. The van der Waals surface area contributed by atoms with Crippen LogP contribution in [-0.2, 0) is 6.54 Å². The quantitative estimate of drug-likeness (QED) is 0.804. The molecule has 1 unspecified atom stereocenters. The Morgan fingerprint density at radius 2 is 1.96 bits per heavy atom. The Labute approximate surface area is 136 Å². The molecular formula is C18H21N5. The van der Waals surface area contributed by atoms with Gasteiger partial charge >= 0.3 is 0 Å². The lowest BCUT2D eigenvalue weighted by molar-refractivity contribution is 0.762. The van der Waals surface area contributed by atoms with Gasteiger partial charge in [0.15, 0.2) is 0 Å². The van der Waals surface area contributed by atoms with E-state index in [1.54, 1.807) is 6.20 Å². The number of rotatable bonds is 3. The number of aromatic nitrogens is 4. The third-order valence-electron chi connectivity index (χ3n) is 3.50. The van der Waals surface area contributed by atoms with Crippen LogP contribution in [0, 0.1) is 25.2 Å². The summed E-state index contributed by atoms with van der Waals surface area (Å²) < 4.78 is 2.13. The molecule has 23 heavy (non-hydrogen) atoms. The molecule has 0 spiro atoms. The largest absolute Gasteiger partial charge is 0.345 e. The molecule has 3 rings (SSSR count). The topological polar surface area (TPSA) is 70.3 Å². The monoisotopic (exact) mass is 307 g/mol. The Morgan fingerprint density at radius 1 is 1.22 bits per heavy atom. The van der Waals surface area contributed by atoms with Crippen molar-refractivity contribution in [2.24, 2.45) is 0 Å². The van der Waals surface area contributed by atoms with Crippen molar-refractivity contribution in [3.63, 3.8) is 0 Å². The zero-order valence-corrected chi connectivity index (χ0v) is 13.7. The predicted octanol–water partition coefficient (Wildman–Crippen LogP) is 3.59. The van der Waals surface area contributed by atoms with Crippen LogP contribution in [0.4, 0.5) is 0 Å². The number of nitrogens with zero attached hydrogens (tertiary/aromatic N) is 4. The van der Waals surface area contributed by atoms with E-state index in [0.29, 0.717) is 0 Å². The summed E-state index contributed by atoms with van der Waals surface area (Å²) in [6, 6.07) is 12.5. The maximum atomic E-state index is 8.50. The van der Waals surface area contributed by atoms with Crippen LogP contribution in [0.15, 0.2) is 48.9 Å². The molecule has 2 aromatic heterocycles. The van der Waals surface area contributed by atoms with Gasteiger partial charge < -0.3 is 9.55 Å². The van der Waals surface area contributed by atoms with Crippen molar-refractivity contribution in [1.29, 1.82) is 5.26 Å². The van der Waals surface area contributed by atoms with Crippen molar-refractivity contribution in [2.75, 3.05) is 0 Å². The second-order valence-electron chi connectivity index (χ2n) is 5.36. The van der Waals surface area contributed by atoms with Crippen LogP contribution < -0.4 is 0 Å². The Kier molecular flexibility index (Phi) is 5.70. The third kappa shape index (κ3) is 4.82. The van der Waals surface area contributed by atoms with Crippen molar-refractivity contribution >= 4 is 0 Å². The fourth-order valence-corrected chi connectivity index (χ4v) is 2.08. The summed E-state index contributed by atoms with van der Waals surface area (Å²) in [5, 5.41) is 8.50. The van der Waals surface area contributed by atoms with Gasteiger partial charge in [0, 0.05) is 25.1 Å². The number of aromatic amines is 1. The van der Waals surface area contributed by atoms with Crippen LogP contribution in [0.1, 0.15) is 35.7 Å². The molecule has 0 radical (unpaired) electrons. The van der Waals surface area contributed by atoms with E-state index in [1.807, 2.05) is 39.2 Å². The zero-order valence-electron chi connectivity index (χ0n) is 13.7. The van der Waals surface area contributed by atoms with Gasteiger partial charge in [-0.05, 0) is 26.3 Å². The minimum Gasteiger partial charge on any atom is -0.345 e. The van der Waals surface area contributed by atoms with Gasteiger partial charge in [-0.1, -0.05) is 30.3 Å². The van der Waals surface area contributed by atoms with E-state index in [2.05, 4.69) is 49.9 Å². The van der Waals surface area contributed by atoms with E-state index in [0.717, 1.165) is 23.9 Å². The van der Waals surface area contributed by atoms with Crippen LogP contribution in [0.2, 0.25) is 0 Å². The van der Waals surface area contributed by atoms with Gasteiger partial charge in [0.1, 0.15) is 11.6 Å². The first-order chi connectivity index (χ1) is 11.1. The minimum atomic E-state index is -0.0822. The van der Waals surface area contributed by atoms with E-state index < -0.39 is 0 Å². The van der Waals surface area contributed by atoms with Gasteiger partial charge in [-0.3, -0.25) is 0 Å². The second kappa shape index (κ2) is 7.95. The van der Waals surface area contributed by atoms with E-state index in [4.69, 9.17) is 5.26 Å². The fraction of sp³-hybridized carbons (Fsp3) is 0.278. The first-order valence-corrected chi connectivity index (χ1v) is 7.53. The molecule has 0 fully saturated rings.